The first kappa shape index (κ1) is 9.28. The zero-order valence-corrected chi connectivity index (χ0v) is 7.07. The van der Waals surface area contributed by atoms with Crippen LogP contribution in [-0.4, -0.2) is 47.7 Å². The van der Waals surface area contributed by atoms with Crippen molar-refractivity contribution < 1.29 is 19.7 Å². The van der Waals surface area contributed by atoms with E-state index in [9.17, 15) is 10.2 Å². The Morgan fingerprint density at radius 2 is 2.09 bits per heavy atom. The van der Waals surface area contributed by atoms with E-state index >= 15 is 0 Å². The first-order valence-corrected chi connectivity index (χ1v) is 3.87. The highest BCUT2D eigenvalue weighted by Crippen LogP contribution is 2.19. The molecule has 1 fully saturated rings. The molecule has 0 bridgehead atoms. The Morgan fingerprint density at radius 1 is 1.45 bits per heavy atom. The molecule has 4 nitrogen and oxygen atoms in total. The van der Waals surface area contributed by atoms with E-state index in [4.69, 9.17) is 9.47 Å². The summed E-state index contributed by atoms with van der Waals surface area (Å²) in [6.07, 6.45) is -2.61. The minimum absolute atomic E-state index is 0.292. The van der Waals surface area contributed by atoms with Crippen LogP contribution >= 0.6 is 12.6 Å². The van der Waals surface area contributed by atoms with Gasteiger partial charge >= 0.3 is 0 Å². The predicted molar refractivity (Wildman–Crippen MR) is 41.5 cm³/mol. The lowest BCUT2D eigenvalue weighted by Crippen LogP contribution is -2.51. The van der Waals surface area contributed by atoms with Crippen molar-refractivity contribution in [3.63, 3.8) is 0 Å². The average Bonchev–Trinajstić information content (AvgIpc) is 2.01. The number of methoxy groups -OCH3 is 1. The number of aliphatic hydroxyl groups excluding tert-OH is 2. The van der Waals surface area contributed by atoms with Gasteiger partial charge in [0.1, 0.15) is 6.10 Å². The molecule has 66 valence electrons. The molecule has 0 amide bonds. The van der Waals surface area contributed by atoms with Gasteiger partial charge in [-0.2, -0.15) is 12.6 Å². The van der Waals surface area contributed by atoms with Crippen LogP contribution in [0.3, 0.4) is 0 Å². The molecule has 0 spiro atoms. The van der Waals surface area contributed by atoms with Crippen LogP contribution in [0.5, 0.6) is 0 Å². The summed E-state index contributed by atoms with van der Waals surface area (Å²) < 4.78 is 9.77. The largest absolute Gasteiger partial charge is 0.389 e. The van der Waals surface area contributed by atoms with Gasteiger partial charge in [0.15, 0.2) is 6.29 Å². The highest BCUT2D eigenvalue weighted by atomic mass is 32.1. The van der Waals surface area contributed by atoms with Crippen LogP contribution in [0.15, 0.2) is 0 Å². The molecule has 1 aliphatic heterocycles. The van der Waals surface area contributed by atoms with E-state index in [2.05, 4.69) is 12.6 Å². The Labute approximate surface area is 70.5 Å². The second-order valence-electron chi connectivity index (χ2n) is 2.49. The summed E-state index contributed by atoms with van der Waals surface area (Å²) in [5.74, 6) is 0. The van der Waals surface area contributed by atoms with Crippen molar-refractivity contribution in [1.29, 1.82) is 0 Å². The molecule has 5 heteroatoms. The molecule has 0 aromatic heterocycles. The van der Waals surface area contributed by atoms with Crippen LogP contribution in [0, 0.1) is 0 Å². The SMILES string of the molecule is CO[C@H]1OC[C@@H](S)[C@H](O)C1O. The van der Waals surface area contributed by atoms with Crippen LogP contribution < -0.4 is 0 Å². The van der Waals surface area contributed by atoms with Gasteiger partial charge in [-0.15, -0.1) is 0 Å². The number of hydrogen-bond acceptors (Lipinski definition) is 5. The molecule has 2 N–H and O–H groups in total. The van der Waals surface area contributed by atoms with Crippen molar-refractivity contribution in [3.8, 4) is 0 Å². The van der Waals surface area contributed by atoms with Gasteiger partial charge in [-0.25, -0.2) is 0 Å². The van der Waals surface area contributed by atoms with Crippen LogP contribution in [0.1, 0.15) is 0 Å². The number of ether oxygens (including phenoxy) is 2. The van der Waals surface area contributed by atoms with E-state index in [1.54, 1.807) is 0 Å². The quantitative estimate of drug-likeness (QED) is 0.453. The highest BCUT2D eigenvalue weighted by Gasteiger charge is 2.36. The zero-order valence-electron chi connectivity index (χ0n) is 6.17. The Kier molecular flexibility index (Phi) is 3.15. The van der Waals surface area contributed by atoms with E-state index < -0.39 is 18.5 Å². The molecular formula is C6H12O4S. The maximum absolute atomic E-state index is 9.26. The normalized spacial score (nSPS) is 45.8. The van der Waals surface area contributed by atoms with Crippen molar-refractivity contribution in [2.24, 2.45) is 0 Å². The molecular weight excluding hydrogens is 168 g/mol. The van der Waals surface area contributed by atoms with Crippen molar-refractivity contribution >= 4 is 12.6 Å². The third-order valence-corrected chi connectivity index (χ3v) is 2.14. The maximum atomic E-state index is 9.26. The lowest BCUT2D eigenvalue weighted by atomic mass is 10.1. The van der Waals surface area contributed by atoms with Gasteiger partial charge in [0, 0.05) is 7.11 Å². The van der Waals surface area contributed by atoms with E-state index in [0.717, 1.165) is 0 Å². The third kappa shape index (κ3) is 1.86. The fraction of sp³-hybridized carbons (Fsp3) is 1.00. The lowest BCUT2D eigenvalue weighted by Gasteiger charge is -2.34. The maximum Gasteiger partial charge on any atom is 0.185 e. The van der Waals surface area contributed by atoms with Crippen LogP contribution in [-0.2, 0) is 9.47 Å². The second kappa shape index (κ2) is 3.73. The number of rotatable bonds is 1. The Balaban J connectivity index is 2.52. The minimum Gasteiger partial charge on any atom is -0.389 e. The minimum atomic E-state index is -1.00. The van der Waals surface area contributed by atoms with Crippen LogP contribution in [0.2, 0.25) is 0 Å². The first-order valence-electron chi connectivity index (χ1n) is 3.35. The van der Waals surface area contributed by atoms with Crippen molar-refractivity contribution in [2.45, 2.75) is 23.7 Å². The Bertz CT molecular complexity index is 130. The lowest BCUT2D eigenvalue weighted by molar-refractivity contribution is -0.229. The molecule has 0 saturated carbocycles. The van der Waals surface area contributed by atoms with E-state index in [1.165, 1.54) is 7.11 Å². The van der Waals surface area contributed by atoms with Gasteiger partial charge in [0.25, 0.3) is 0 Å². The summed E-state index contributed by atoms with van der Waals surface area (Å²) in [5.41, 5.74) is 0. The van der Waals surface area contributed by atoms with Crippen molar-refractivity contribution in [3.05, 3.63) is 0 Å². The van der Waals surface area contributed by atoms with Gasteiger partial charge in [0.05, 0.1) is 18.0 Å². The van der Waals surface area contributed by atoms with E-state index in [1.807, 2.05) is 0 Å². The summed E-state index contributed by atoms with van der Waals surface area (Å²) in [6.45, 7) is 0.292. The second-order valence-corrected chi connectivity index (χ2v) is 3.15. The molecule has 1 rings (SSSR count). The summed E-state index contributed by atoms with van der Waals surface area (Å²) in [6, 6.07) is 0. The Hall–Kier alpha value is 0.190. The molecule has 11 heavy (non-hydrogen) atoms. The molecule has 1 aliphatic rings. The fourth-order valence-electron chi connectivity index (χ4n) is 0.987. The molecule has 1 saturated heterocycles. The van der Waals surface area contributed by atoms with Crippen molar-refractivity contribution in [2.75, 3.05) is 13.7 Å². The van der Waals surface area contributed by atoms with Crippen LogP contribution in [0.25, 0.3) is 0 Å². The third-order valence-electron chi connectivity index (χ3n) is 1.69. The van der Waals surface area contributed by atoms with Gasteiger partial charge in [-0.05, 0) is 0 Å². The van der Waals surface area contributed by atoms with Gasteiger partial charge in [0.2, 0.25) is 0 Å². The standard InChI is InChI=1S/C6H12O4S/c1-9-6-5(8)4(7)3(11)2-10-6/h3-8,11H,2H2,1H3/t3-,4+,5?,6+/m1/s1. The molecule has 1 unspecified atom stereocenters. The molecule has 0 aromatic carbocycles. The molecule has 0 aromatic rings. The van der Waals surface area contributed by atoms with Gasteiger partial charge in [-0.1, -0.05) is 0 Å². The molecule has 1 heterocycles. The average molecular weight is 180 g/mol. The summed E-state index contributed by atoms with van der Waals surface area (Å²) >= 11 is 4.00. The molecule has 0 radical (unpaired) electrons. The highest BCUT2D eigenvalue weighted by molar-refractivity contribution is 7.81. The summed E-state index contributed by atoms with van der Waals surface area (Å²) in [7, 11) is 1.42. The zero-order chi connectivity index (χ0) is 8.43. The predicted octanol–water partition coefficient (Wildman–Crippen LogP) is -0.991. The first-order chi connectivity index (χ1) is 5.16. The summed E-state index contributed by atoms with van der Waals surface area (Å²) in [4.78, 5) is 0. The van der Waals surface area contributed by atoms with Crippen molar-refractivity contribution in [1.82, 2.24) is 0 Å². The van der Waals surface area contributed by atoms with E-state index in [0.29, 0.717) is 6.61 Å². The van der Waals surface area contributed by atoms with Crippen LogP contribution in [0.4, 0.5) is 0 Å². The number of thiol groups is 1. The van der Waals surface area contributed by atoms with E-state index in [-0.39, 0.29) is 5.25 Å². The molecule has 4 atom stereocenters. The Morgan fingerprint density at radius 3 is 2.64 bits per heavy atom. The topological polar surface area (TPSA) is 58.9 Å². The smallest absolute Gasteiger partial charge is 0.185 e. The number of hydrogen-bond donors (Lipinski definition) is 3. The monoisotopic (exact) mass is 180 g/mol. The number of aliphatic hydroxyl groups is 2. The molecule has 0 aliphatic carbocycles. The van der Waals surface area contributed by atoms with Gasteiger partial charge < -0.3 is 19.7 Å². The van der Waals surface area contributed by atoms with Gasteiger partial charge in [-0.3, -0.25) is 0 Å². The fourth-order valence-corrected chi connectivity index (χ4v) is 1.25. The summed E-state index contributed by atoms with van der Waals surface area (Å²) in [5, 5.41) is 18.2.